The number of fused-ring (bicyclic) bond motifs is 7. The van der Waals surface area contributed by atoms with Gasteiger partial charge in [-0.2, -0.15) is 0 Å². The van der Waals surface area contributed by atoms with Crippen molar-refractivity contribution in [2.45, 2.75) is 26.2 Å². The zero-order chi connectivity index (χ0) is 37.2. The van der Waals surface area contributed by atoms with Crippen molar-refractivity contribution in [3.63, 3.8) is 0 Å². The van der Waals surface area contributed by atoms with Gasteiger partial charge in [-0.05, 0) is 117 Å². The van der Waals surface area contributed by atoms with Crippen LogP contribution < -0.4 is 0 Å². The molecular formula is C52H37N3O. The molecule has 4 nitrogen and oxygen atoms in total. The molecule has 9 aromatic rings. The molecule has 4 heteroatoms. The molecule has 1 unspecified atom stereocenters. The third kappa shape index (κ3) is 5.56. The Hall–Kier alpha value is -6.91. The molecule has 266 valence electrons. The van der Waals surface area contributed by atoms with Gasteiger partial charge in [0.25, 0.3) is 0 Å². The third-order valence-corrected chi connectivity index (χ3v) is 11.5. The fourth-order valence-electron chi connectivity index (χ4n) is 8.73. The molecular weight excluding hydrogens is 683 g/mol. The zero-order valence-electron chi connectivity index (χ0n) is 31.0. The van der Waals surface area contributed by atoms with Crippen molar-refractivity contribution in [2.24, 2.45) is 5.92 Å². The molecule has 0 bridgehead atoms. The van der Waals surface area contributed by atoms with E-state index in [2.05, 4.69) is 153 Å². The molecule has 0 radical (unpaired) electrons. The summed E-state index contributed by atoms with van der Waals surface area (Å²) in [4.78, 5) is 15.6. The van der Waals surface area contributed by atoms with Crippen LogP contribution in [0, 0.1) is 5.92 Å². The molecule has 2 aliphatic carbocycles. The topological polar surface area (TPSA) is 51.8 Å². The van der Waals surface area contributed by atoms with E-state index in [0.29, 0.717) is 23.4 Å². The first-order chi connectivity index (χ1) is 27.6. The largest absolute Gasteiger partial charge is 0.456 e. The van der Waals surface area contributed by atoms with Gasteiger partial charge in [0.2, 0.25) is 0 Å². The minimum absolute atomic E-state index is 0.495. The van der Waals surface area contributed by atoms with Gasteiger partial charge >= 0.3 is 0 Å². The lowest BCUT2D eigenvalue weighted by Crippen LogP contribution is -2.12. The maximum Gasteiger partial charge on any atom is 0.164 e. The molecule has 0 fully saturated rings. The fourth-order valence-corrected chi connectivity index (χ4v) is 8.73. The van der Waals surface area contributed by atoms with Crippen LogP contribution in [0.15, 0.2) is 156 Å². The highest BCUT2D eigenvalue weighted by Crippen LogP contribution is 2.41. The van der Waals surface area contributed by atoms with E-state index in [1.807, 2.05) is 18.2 Å². The molecule has 1 atom stereocenters. The van der Waals surface area contributed by atoms with Crippen LogP contribution in [0.3, 0.4) is 0 Å². The van der Waals surface area contributed by atoms with Crippen molar-refractivity contribution < 1.29 is 4.42 Å². The van der Waals surface area contributed by atoms with Gasteiger partial charge in [-0.15, -0.1) is 0 Å². The first-order valence-corrected chi connectivity index (χ1v) is 19.5. The number of benzene rings is 7. The normalized spacial score (nSPS) is 14.7. The standard InChI is InChI=1S/C52H37N3O/c1-32-19-25-43-44(27-32)41-16-9-8-15-37(41)31-45(43)52-54-50(35-13-6-3-7-14-35)53-51(55-52)39-23-21-34-20-22-38(28-40(34)29-39)42-17-10-18-48-49(42)46-30-36(24-26-47(46)56-48)33-11-4-2-5-12-33/h2-8,10-15,17-26,28-32H,9,16,27H2,1H3. The van der Waals surface area contributed by atoms with Crippen LogP contribution in [0.25, 0.3) is 101 Å². The summed E-state index contributed by atoms with van der Waals surface area (Å²) >= 11 is 0. The van der Waals surface area contributed by atoms with Crippen molar-refractivity contribution in [3.8, 4) is 56.4 Å². The van der Waals surface area contributed by atoms with Crippen molar-refractivity contribution in [1.82, 2.24) is 15.0 Å². The molecule has 0 amide bonds. The smallest absolute Gasteiger partial charge is 0.164 e. The van der Waals surface area contributed by atoms with E-state index in [1.54, 1.807) is 0 Å². The summed E-state index contributed by atoms with van der Waals surface area (Å²) in [5.74, 6) is 2.53. The quantitative estimate of drug-likeness (QED) is 0.178. The van der Waals surface area contributed by atoms with Crippen LogP contribution in [0.2, 0.25) is 0 Å². The van der Waals surface area contributed by atoms with Gasteiger partial charge < -0.3 is 4.42 Å². The number of allylic oxidation sites excluding steroid dienone is 2. The SMILES string of the molecule is CC1C=Cc2c(-c3nc(-c4ccccc4)nc(-c4ccc5ccc(-c6cccc7oc8ccc(-c9ccccc9)cc8c67)cc5c4)n3)cc3c(c2C1)CCC=C3. The summed E-state index contributed by atoms with van der Waals surface area (Å²) in [5.41, 5.74) is 14.8. The highest BCUT2D eigenvalue weighted by molar-refractivity contribution is 6.13. The molecule has 56 heavy (non-hydrogen) atoms. The second-order valence-electron chi connectivity index (χ2n) is 15.2. The van der Waals surface area contributed by atoms with Crippen LogP contribution in [0.1, 0.15) is 35.6 Å². The van der Waals surface area contributed by atoms with Crippen molar-refractivity contribution >= 4 is 44.9 Å². The zero-order valence-corrected chi connectivity index (χ0v) is 31.0. The van der Waals surface area contributed by atoms with Crippen LogP contribution in [-0.4, -0.2) is 15.0 Å². The number of hydrogen-bond donors (Lipinski definition) is 0. The first-order valence-electron chi connectivity index (χ1n) is 19.5. The minimum atomic E-state index is 0.495. The van der Waals surface area contributed by atoms with Gasteiger partial charge in [0.1, 0.15) is 11.2 Å². The van der Waals surface area contributed by atoms with Gasteiger partial charge in [0, 0.05) is 27.5 Å². The summed E-state index contributed by atoms with van der Waals surface area (Å²) in [6, 6.07) is 49.2. The number of rotatable bonds is 5. The fraction of sp³-hybridized carbons (Fsp3) is 0.0962. The van der Waals surface area contributed by atoms with Gasteiger partial charge in [-0.3, -0.25) is 0 Å². The molecule has 11 rings (SSSR count). The van der Waals surface area contributed by atoms with E-state index < -0.39 is 0 Å². The number of furan rings is 1. The molecule has 0 saturated carbocycles. The predicted octanol–water partition coefficient (Wildman–Crippen LogP) is 13.4. The molecule has 2 aromatic heterocycles. The molecule has 0 N–H and O–H groups in total. The molecule has 0 saturated heterocycles. The number of aromatic nitrogens is 3. The molecule has 7 aromatic carbocycles. The summed E-state index contributed by atoms with van der Waals surface area (Å²) in [7, 11) is 0. The Morgan fingerprint density at radius 3 is 2.11 bits per heavy atom. The van der Waals surface area contributed by atoms with Crippen LogP contribution in [-0.2, 0) is 12.8 Å². The summed E-state index contributed by atoms with van der Waals surface area (Å²) in [6.07, 6.45) is 12.4. The Balaban J connectivity index is 1.06. The lowest BCUT2D eigenvalue weighted by molar-refractivity contribution is 0.669. The Morgan fingerprint density at radius 1 is 0.536 bits per heavy atom. The Bertz CT molecular complexity index is 3070. The molecule has 0 aliphatic heterocycles. The number of hydrogen-bond acceptors (Lipinski definition) is 4. The second-order valence-corrected chi connectivity index (χ2v) is 15.2. The Morgan fingerprint density at radius 2 is 1.27 bits per heavy atom. The lowest BCUT2D eigenvalue weighted by Gasteiger charge is -2.25. The monoisotopic (exact) mass is 719 g/mol. The first kappa shape index (κ1) is 32.5. The van der Waals surface area contributed by atoms with Crippen LogP contribution in [0.4, 0.5) is 0 Å². The second kappa shape index (κ2) is 13.1. The van der Waals surface area contributed by atoms with Crippen LogP contribution in [0.5, 0.6) is 0 Å². The maximum atomic E-state index is 6.41. The van der Waals surface area contributed by atoms with Crippen LogP contribution >= 0.6 is 0 Å². The van der Waals surface area contributed by atoms with E-state index >= 15 is 0 Å². The molecule has 2 heterocycles. The van der Waals surface area contributed by atoms with Gasteiger partial charge in [-0.25, -0.2) is 15.0 Å². The Kier molecular flexibility index (Phi) is 7.63. The highest BCUT2D eigenvalue weighted by atomic mass is 16.3. The summed E-state index contributed by atoms with van der Waals surface area (Å²) in [6.45, 7) is 2.30. The van der Waals surface area contributed by atoms with Gasteiger partial charge in [-0.1, -0.05) is 134 Å². The summed E-state index contributed by atoms with van der Waals surface area (Å²) in [5, 5.41) is 4.50. The average molecular weight is 720 g/mol. The van der Waals surface area contributed by atoms with E-state index in [0.717, 1.165) is 79.8 Å². The maximum absolute atomic E-state index is 6.41. The van der Waals surface area contributed by atoms with E-state index in [9.17, 15) is 0 Å². The van der Waals surface area contributed by atoms with E-state index in [-0.39, 0.29) is 0 Å². The molecule has 0 spiro atoms. The van der Waals surface area contributed by atoms with Gasteiger partial charge in [0.05, 0.1) is 0 Å². The molecule has 2 aliphatic rings. The average Bonchev–Trinajstić information content (AvgIpc) is 3.64. The lowest BCUT2D eigenvalue weighted by atomic mass is 9.80. The van der Waals surface area contributed by atoms with Gasteiger partial charge in [0.15, 0.2) is 17.5 Å². The predicted molar refractivity (Wildman–Crippen MR) is 231 cm³/mol. The van der Waals surface area contributed by atoms with Crippen molar-refractivity contribution in [1.29, 1.82) is 0 Å². The minimum Gasteiger partial charge on any atom is -0.456 e. The highest BCUT2D eigenvalue weighted by Gasteiger charge is 2.24. The summed E-state index contributed by atoms with van der Waals surface area (Å²) < 4.78 is 6.41. The third-order valence-electron chi connectivity index (χ3n) is 11.5. The van der Waals surface area contributed by atoms with E-state index in [1.165, 1.54) is 33.4 Å². The van der Waals surface area contributed by atoms with Crippen molar-refractivity contribution in [2.75, 3.05) is 0 Å². The van der Waals surface area contributed by atoms with E-state index in [4.69, 9.17) is 19.4 Å². The number of nitrogens with zero attached hydrogens (tertiary/aromatic N) is 3. The van der Waals surface area contributed by atoms with Crippen molar-refractivity contribution in [3.05, 3.63) is 174 Å². The Labute approximate surface area is 325 Å².